The highest BCUT2D eigenvalue weighted by molar-refractivity contribution is 5.80. The fraction of sp³-hybridized carbons (Fsp3) is 0.579. The minimum absolute atomic E-state index is 0.0580. The molecule has 0 unspecified atom stereocenters. The lowest BCUT2D eigenvalue weighted by Crippen LogP contribution is -2.50. The van der Waals surface area contributed by atoms with E-state index in [9.17, 15) is 14.9 Å². The molecule has 1 aliphatic heterocycles. The van der Waals surface area contributed by atoms with Crippen molar-refractivity contribution >= 4 is 17.7 Å². The Balaban J connectivity index is 1.92. The summed E-state index contributed by atoms with van der Waals surface area (Å²) in [6.45, 7) is 4.96. The lowest BCUT2D eigenvalue weighted by Gasteiger charge is -2.32. The molecular weight excluding hydrogens is 378 g/mol. The summed E-state index contributed by atoms with van der Waals surface area (Å²) < 4.78 is 10.1. The minimum Gasteiger partial charge on any atom is -0.450 e. The molecule has 1 aromatic rings. The van der Waals surface area contributed by atoms with Crippen LogP contribution in [0.4, 0.5) is 10.5 Å². The number of non-ortho nitro benzene ring substituents is 1. The highest BCUT2D eigenvalue weighted by Crippen LogP contribution is 2.13. The largest absolute Gasteiger partial charge is 0.450 e. The Morgan fingerprint density at radius 3 is 2.59 bits per heavy atom. The molecule has 1 aliphatic rings. The van der Waals surface area contributed by atoms with Crippen LogP contribution >= 0.6 is 0 Å². The number of nitro groups is 1. The van der Waals surface area contributed by atoms with Gasteiger partial charge in [-0.2, -0.15) is 0 Å². The number of amides is 1. The van der Waals surface area contributed by atoms with Crippen molar-refractivity contribution in [2.24, 2.45) is 4.99 Å². The molecule has 10 heteroatoms. The van der Waals surface area contributed by atoms with E-state index in [2.05, 4.69) is 15.6 Å². The van der Waals surface area contributed by atoms with Crippen LogP contribution in [0, 0.1) is 10.1 Å². The van der Waals surface area contributed by atoms with Crippen LogP contribution in [0.3, 0.4) is 0 Å². The molecule has 1 fully saturated rings. The summed E-state index contributed by atoms with van der Waals surface area (Å²) in [5, 5.41) is 17.4. The molecule has 0 atom stereocenters. The molecule has 1 amide bonds. The molecule has 1 heterocycles. The molecule has 29 heavy (non-hydrogen) atoms. The van der Waals surface area contributed by atoms with Crippen LogP contribution in [0.2, 0.25) is 0 Å². The van der Waals surface area contributed by atoms with Crippen LogP contribution in [-0.2, 0) is 16.0 Å². The molecule has 2 rings (SSSR count). The smallest absolute Gasteiger partial charge is 0.409 e. The second-order valence-electron chi connectivity index (χ2n) is 6.61. The summed E-state index contributed by atoms with van der Waals surface area (Å²) in [7, 11) is 1.63. The van der Waals surface area contributed by atoms with Crippen LogP contribution < -0.4 is 10.6 Å². The van der Waals surface area contributed by atoms with Crippen molar-refractivity contribution in [1.82, 2.24) is 15.5 Å². The number of rotatable bonds is 8. The van der Waals surface area contributed by atoms with Gasteiger partial charge in [-0.05, 0) is 25.3 Å². The summed E-state index contributed by atoms with van der Waals surface area (Å²) in [6.07, 6.45) is 1.32. The molecule has 0 saturated carbocycles. The molecule has 0 aromatic heterocycles. The predicted octanol–water partition coefficient (Wildman–Crippen LogP) is 1.90. The van der Waals surface area contributed by atoms with Gasteiger partial charge in [0.2, 0.25) is 0 Å². The maximum Gasteiger partial charge on any atom is 0.409 e. The van der Waals surface area contributed by atoms with Crippen LogP contribution in [0.5, 0.6) is 0 Å². The van der Waals surface area contributed by atoms with Crippen LogP contribution in [0.15, 0.2) is 29.3 Å². The van der Waals surface area contributed by atoms with Gasteiger partial charge in [0.15, 0.2) is 5.96 Å². The van der Waals surface area contributed by atoms with Crippen LogP contribution in [0.1, 0.15) is 25.3 Å². The molecule has 0 spiro atoms. The summed E-state index contributed by atoms with van der Waals surface area (Å²) in [6, 6.07) is 6.53. The summed E-state index contributed by atoms with van der Waals surface area (Å²) in [5.74, 6) is 0.648. The van der Waals surface area contributed by atoms with Crippen molar-refractivity contribution in [2.75, 3.05) is 40.0 Å². The molecule has 10 nitrogen and oxygen atoms in total. The fourth-order valence-electron chi connectivity index (χ4n) is 2.93. The van der Waals surface area contributed by atoms with E-state index in [0.717, 1.165) is 18.4 Å². The quantitative estimate of drug-likeness (QED) is 0.222. The number of likely N-dealkylation sites (tertiary alicyclic amines) is 1. The average molecular weight is 407 g/mol. The SMILES string of the molecule is CCOC(=O)N1CCC(NC(=NCc2ccc([N+](=O)[O-])cc2)NCCOC)CC1. The normalized spacial score (nSPS) is 15.1. The Morgan fingerprint density at radius 1 is 1.31 bits per heavy atom. The Kier molecular flexibility index (Phi) is 9.16. The van der Waals surface area contributed by atoms with Crippen molar-refractivity contribution in [3.8, 4) is 0 Å². The van der Waals surface area contributed by atoms with Gasteiger partial charge < -0.3 is 25.0 Å². The molecule has 2 N–H and O–H groups in total. The maximum absolute atomic E-state index is 11.8. The van der Waals surface area contributed by atoms with E-state index in [1.165, 1.54) is 12.1 Å². The number of benzene rings is 1. The fourth-order valence-corrected chi connectivity index (χ4v) is 2.93. The number of nitrogens with one attached hydrogen (secondary N) is 2. The van der Waals surface area contributed by atoms with Gasteiger partial charge in [0, 0.05) is 44.9 Å². The van der Waals surface area contributed by atoms with E-state index in [4.69, 9.17) is 9.47 Å². The zero-order valence-electron chi connectivity index (χ0n) is 16.9. The number of guanidine groups is 1. The van der Waals surface area contributed by atoms with Gasteiger partial charge in [0.25, 0.3) is 5.69 Å². The van der Waals surface area contributed by atoms with Gasteiger partial charge in [-0.15, -0.1) is 0 Å². The maximum atomic E-state index is 11.8. The number of nitrogens with zero attached hydrogens (tertiary/aromatic N) is 3. The number of nitro benzene ring substituents is 1. The minimum atomic E-state index is -0.422. The first-order chi connectivity index (χ1) is 14.0. The van der Waals surface area contributed by atoms with Crippen molar-refractivity contribution in [2.45, 2.75) is 32.4 Å². The van der Waals surface area contributed by atoms with Crippen molar-refractivity contribution in [3.63, 3.8) is 0 Å². The lowest BCUT2D eigenvalue weighted by molar-refractivity contribution is -0.384. The van der Waals surface area contributed by atoms with Crippen molar-refractivity contribution in [1.29, 1.82) is 0 Å². The van der Waals surface area contributed by atoms with Crippen molar-refractivity contribution < 1.29 is 19.2 Å². The van der Waals surface area contributed by atoms with E-state index < -0.39 is 4.92 Å². The van der Waals surface area contributed by atoms with Crippen LogP contribution in [-0.4, -0.2) is 67.9 Å². The third kappa shape index (κ3) is 7.57. The molecule has 0 aliphatic carbocycles. The topological polar surface area (TPSA) is 118 Å². The van der Waals surface area contributed by atoms with E-state index in [-0.39, 0.29) is 17.8 Å². The molecule has 0 radical (unpaired) electrons. The Hall–Kier alpha value is -2.88. The number of carbonyl (C=O) groups is 1. The molecule has 160 valence electrons. The van der Waals surface area contributed by atoms with Crippen LogP contribution in [0.25, 0.3) is 0 Å². The third-order valence-electron chi connectivity index (χ3n) is 4.53. The standard InChI is InChI=1S/C19H29N5O5/c1-3-29-19(25)23-11-8-16(9-12-23)22-18(20-10-13-28-2)21-14-15-4-6-17(7-5-15)24(26)27/h4-7,16H,3,8-14H2,1-2H3,(H2,20,21,22). The molecule has 0 bridgehead atoms. The first-order valence-electron chi connectivity index (χ1n) is 9.72. The molecule has 1 aromatic carbocycles. The number of hydrogen-bond donors (Lipinski definition) is 2. The summed E-state index contributed by atoms with van der Waals surface area (Å²) in [4.78, 5) is 28.5. The second kappa shape index (κ2) is 11.8. The first-order valence-corrected chi connectivity index (χ1v) is 9.72. The highest BCUT2D eigenvalue weighted by Gasteiger charge is 2.24. The second-order valence-corrected chi connectivity index (χ2v) is 6.61. The number of ether oxygens (including phenoxy) is 2. The lowest BCUT2D eigenvalue weighted by atomic mass is 10.1. The van der Waals surface area contributed by atoms with Gasteiger partial charge in [-0.25, -0.2) is 9.79 Å². The zero-order valence-corrected chi connectivity index (χ0v) is 16.9. The highest BCUT2D eigenvalue weighted by atomic mass is 16.6. The first kappa shape index (κ1) is 22.4. The number of piperidine rings is 1. The number of carbonyl (C=O) groups excluding carboxylic acids is 1. The monoisotopic (exact) mass is 407 g/mol. The van der Waals surface area contributed by atoms with Gasteiger partial charge in [0.05, 0.1) is 24.7 Å². The molecule has 1 saturated heterocycles. The van der Waals surface area contributed by atoms with Gasteiger partial charge in [-0.3, -0.25) is 10.1 Å². The van der Waals surface area contributed by atoms with E-state index >= 15 is 0 Å². The Labute approximate surface area is 170 Å². The average Bonchev–Trinajstić information content (AvgIpc) is 2.73. The van der Waals surface area contributed by atoms with E-state index in [1.54, 1.807) is 31.1 Å². The van der Waals surface area contributed by atoms with Gasteiger partial charge >= 0.3 is 6.09 Å². The Bertz CT molecular complexity index is 687. The number of hydrogen-bond acceptors (Lipinski definition) is 6. The van der Waals surface area contributed by atoms with E-state index in [1.807, 2.05) is 0 Å². The van der Waals surface area contributed by atoms with Crippen molar-refractivity contribution in [3.05, 3.63) is 39.9 Å². The van der Waals surface area contributed by atoms with E-state index in [0.29, 0.717) is 45.4 Å². The third-order valence-corrected chi connectivity index (χ3v) is 4.53. The zero-order chi connectivity index (χ0) is 21.1. The van der Waals surface area contributed by atoms with Gasteiger partial charge in [0.1, 0.15) is 0 Å². The summed E-state index contributed by atoms with van der Waals surface area (Å²) in [5.41, 5.74) is 0.934. The predicted molar refractivity (Wildman–Crippen MR) is 109 cm³/mol. The Morgan fingerprint density at radius 2 is 2.00 bits per heavy atom. The summed E-state index contributed by atoms with van der Waals surface area (Å²) >= 11 is 0. The number of methoxy groups -OCH3 is 1. The molecular formula is C19H29N5O5. The number of aliphatic imine (C=N–C) groups is 1. The van der Waals surface area contributed by atoms with Gasteiger partial charge in [-0.1, -0.05) is 12.1 Å².